The second kappa shape index (κ2) is 9.73. The number of ketones is 1. The molecule has 4 aromatic rings. The van der Waals surface area contributed by atoms with Gasteiger partial charge in [-0.1, -0.05) is 5.21 Å². The van der Waals surface area contributed by atoms with Crippen LogP contribution in [0.2, 0.25) is 0 Å². The molecule has 39 heavy (non-hydrogen) atoms. The maximum absolute atomic E-state index is 15.3. The van der Waals surface area contributed by atoms with Crippen molar-refractivity contribution in [1.82, 2.24) is 24.5 Å². The van der Waals surface area contributed by atoms with Crippen LogP contribution < -0.4 is 10.3 Å². The molecule has 0 bridgehead atoms. The molecule has 1 N–H and O–H groups in total. The van der Waals surface area contributed by atoms with Gasteiger partial charge in [0.2, 0.25) is 5.43 Å². The van der Waals surface area contributed by atoms with Gasteiger partial charge in [-0.15, -0.1) is 5.10 Å². The zero-order valence-corrected chi connectivity index (χ0v) is 21.4. The number of aromatic carboxylic acids is 1. The Labute approximate surface area is 222 Å². The number of carbonyl (C=O) groups is 2. The molecule has 1 saturated carbocycles. The average Bonchev–Trinajstić information content (AvgIpc) is 3.67. The van der Waals surface area contributed by atoms with Crippen LogP contribution in [-0.2, 0) is 6.54 Å². The summed E-state index contributed by atoms with van der Waals surface area (Å²) in [5.74, 6) is -1.83. The first-order chi connectivity index (χ1) is 18.8. The predicted molar refractivity (Wildman–Crippen MR) is 142 cm³/mol. The Balaban J connectivity index is 1.17. The number of carboxylic acid groups (broad SMARTS) is 1. The normalized spacial score (nSPS) is 16.1. The fourth-order valence-corrected chi connectivity index (χ4v) is 5.13. The molecule has 2 aromatic carbocycles. The molecule has 0 unspecified atom stereocenters. The monoisotopic (exact) mass is 530 g/mol. The van der Waals surface area contributed by atoms with Gasteiger partial charge in [0.05, 0.1) is 28.8 Å². The number of piperazine rings is 1. The highest BCUT2D eigenvalue weighted by atomic mass is 19.1. The summed E-state index contributed by atoms with van der Waals surface area (Å²) in [6.45, 7) is 4.67. The van der Waals surface area contributed by atoms with Gasteiger partial charge in [-0.3, -0.25) is 14.5 Å². The fraction of sp³-hybridized carbons (Fsp3) is 0.321. The molecule has 1 aliphatic heterocycles. The van der Waals surface area contributed by atoms with E-state index in [9.17, 15) is 19.5 Å². The third-order valence-electron chi connectivity index (χ3n) is 7.45. The number of Topliss-reactive ketones (excluding diaryl/α,β-unsaturated/α-hetero) is 1. The Morgan fingerprint density at radius 1 is 1.05 bits per heavy atom. The van der Waals surface area contributed by atoms with E-state index in [1.807, 2.05) is 27.8 Å². The van der Waals surface area contributed by atoms with E-state index >= 15 is 4.39 Å². The lowest BCUT2D eigenvalue weighted by molar-refractivity contribution is 0.0694. The van der Waals surface area contributed by atoms with Crippen LogP contribution in [0, 0.1) is 5.82 Å². The van der Waals surface area contributed by atoms with E-state index in [0.29, 0.717) is 49.5 Å². The predicted octanol–water partition coefficient (Wildman–Crippen LogP) is 3.28. The average molecular weight is 531 g/mol. The highest BCUT2D eigenvalue weighted by Gasteiger charge is 2.28. The molecule has 0 atom stereocenters. The zero-order chi connectivity index (χ0) is 27.3. The molecule has 3 heterocycles. The summed E-state index contributed by atoms with van der Waals surface area (Å²) >= 11 is 0. The smallest absolute Gasteiger partial charge is 0.341 e. The quantitative estimate of drug-likeness (QED) is 0.362. The highest BCUT2D eigenvalue weighted by Crippen LogP contribution is 2.38. The molecule has 1 aliphatic carbocycles. The number of halogens is 1. The molecular weight excluding hydrogens is 503 g/mol. The van der Waals surface area contributed by atoms with Crippen molar-refractivity contribution in [3.8, 4) is 5.69 Å². The molecular formula is C28H27FN6O4. The standard InChI is InChI=1S/C28H27FN6O4/c1-17(36)18-2-4-21(5-3-18)35-15-19(30-31-35)14-32-8-10-33(11-9-32)26-13-25-22(12-24(26)29)27(37)23(28(38)39)16-34(25)20-6-7-20/h2-5,12-13,15-16,20H,6-11,14H2,1H3,(H,38,39). The first-order valence-corrected chi connectivity index (χ1v) is 12.9. The van der Waals surface area contributed by atoms with E-state index in [4.69, 9.17) is 0 Å². The molecule has 2 aliphatic rings. The lowest BCUT2D eigenvalue weighted by Crippen LogP contribution is -2.46. The largest absolute Gasteiger partial charge is 0.477 e. The molecule has 200 valence electrons. The topological polar surface area (TPSA) is 114 Å². The summed E-state index contributed by atoms with van der Waals surface area (Å²) in [5, 5.41) is 18.1. The lowest BCUT2D eigenvalue weighted by Gasteiger charge is -2.36. The third kappa shape index (κ3) is 4.81. The van der Waals surface area contributed by atoms with Crippen LogP contribution in [0.5, 0.6) is 0 Å². The molecule has 0 amide bonds. The first-order valence-electron chi connectivity index (χ1n) is 12.9. The van der Waals surface area contributed by atoms with E-state index in [-0.39, 0.29) is 22.8 Å². The van der Waals surface area contributed by atoms with Crippen molar-refractivity contribution < 1.29 is 19.1 Å². The van der Waals surface area contributed by atoms with Gasteiger partial charge in [-0.05, 0) is 56.2 Å². The molecule has 11 heteroatoms. The van der Waals surface area contributed by atoms with Gasteiger partial charge < -0.3 is 14.6 Å². The van der Waals surface area contributed by atoms with Crippen LogP contribution in [0.25, 0.3) is 16.6 Å². The number of rotatable bonds is 7. The van der Waals surface area contributed by atoms with Crippen molar-refractivity contribution in [2.45, 2.75) is 32.4 Å². The highest BCUT2D eigenvalue weighted by molar-refractivity contribution is 5.94. The number of benzene rings is 2. The van der Waals surface area contributed by atoms with Crippen molar-refractivity contribution in [3.05, 3.63) is 81.7 Å². The molecule has 1 saturated heterocycles. The van der Waals surface area contributed by atoms with Crippen LogP contribution in [0.3, 0.4) is 0 Å². The van der Waals surface area contributed by atoms with Gasteiger partial charge in [0.25, 0.3) is 0 Å². The number of hydrogen-bond donors (Lipinski definition) is 1. The van der Waals surface area contributed by atoms with Crippen molar-refractivity contribution in [3.63, 3.8) is 0 Å². The number of carboxylic acids is 1. The number of aromatic nitrogens is 4. The molecule has 0 spiro atoms. The number of nitrogens with zero attached hydrogens (tertiary/aromatic N) is 6. The number of pyridine rings is 1. The SMILES string of the molecule is CC(=O)c1ccc(-n2cc(CN3CCN(c4cc5c(cc4F)c(=O)c(C(=O)O)cn5C4CC4)CC3)nn2)cc1. The lowest BCUT2D eigenvalue weighted by atomic mass is 10.1. The maximum Gasteiger partial charge on any atom is 0.341 e. The molecule has 2 fully saturated rings. The molecule has 0 radical (unpaired) electrons. The summed E-state index contributed by atoms with van der Waals surface area (Å²) in [5.41, 5.74) is 2.25. The van der Waals surface area contributed by atoms with Gasteiger partial charge in [-0.25, -0.2) is 13.9 Å². The second-order valence-electron chi connectivity index (χ2n) is 10.2. The Hall–Kier alpha value is -4.38. The number of anilines is 1. The molecule has 6 rings (SSSR count). The minimum atomic E-state index is -1.30. The van der Waals surface area contributed by atoms with E-state index in [0.717, 1.165) is 24.2 Å². The summed E-state index contributed by atoms with van der Waals surface area (Å²) in [6.07, 6.45) is 5.06. The van der Waals surface area contributed by atoms with Crippen LogP contribution in [0.4, 0.5) is 10.1 Å². The van der Waals surface area contributed by atoms with Crippen molar-refractivity contribution in [1.29, 1.82) is 0 Å². The molecule has 2 aromatic heterocycles. The van der Waals surface area contributed by atoms with Crippen molar-refractivity contribution in [2.24, 2.45) is 0 Å². The zero-order valence-electron chi connectivity index (χ0n) is 21.4. The van der Waals surface area contributed by atoms with E-state index < -0.39 is 17.2 Å². The minimum absolute atomic E-state index is 0.00753. The summed E-state index contributed by atoms with van der Waals surface area (Å²) < 4.78 is 18.7. The summed E-state index contributed by atoms with van der Waals surface area (Å²) in [6, 6.07) is 10.2. The number of carbonyl (C=O) groups excluding carboxylic acids is 1. The second-order valence-corrected chi connectivity index (χ2v) is 10.2. The number of hydrogen-bond acceptors (Lipinski definition) is 7. The van der Waals surface area contributed by atoms with Gasteiger partial charge in [0.1, 0.15) is 11.4 Å². The fourth-order valence-electron chi connectivity index (χ4n) is 5.13. The molecule has 10 nitrogen and oxygen atoms in total. The van der Waals surface area contributed by atoms with Gasteiger partial charge >= 0.3 is 5.97 Å². The van der Waals surface area contributed by atoms with Crippen LogP contribution >= 0.6 is 0 Å². The van der Waals surface area contributed by atoms with E-state index in [1.165, 1.54) is 19.2 Å². The Bertz CT molecular complexity index is 1650. The van der Waals surface area contributed by atoms with E-state index in [1.54, 1.807) is 22.9 Å². The maximum atomic E-state index is 15.3. The Morgan fingerprint density at radius 2 is 1.77 bits per heavy atom. The van der Waals surface area contributed by atoms with Crippen molar-refractivity contribution >= 4 is 28.3 Å². The van der Waals surface area contributed by atoms with Gasteiger partial charge in [0.15, 0.2) is 5.78 Å². The Kier molecular flexibility index (Phi) is 6.22. The third-order valence-corrected chi connectivity index (χ3v) is 7.45. The Morgan fingerprint density at radius 3 is 2.41 bits per heavy atom. The number of fused-ring (bicyclic) bond motifs is 1. The first kappa shape index (κ1) is 24.9. The van der Waals surface area contributed by atoms with Gasteiger partial charge in [0, 0.05) is 55.9 Å². The van der Waals surface area contributed by atoms with Crippen LogP contribution in [-0.4, -0.2) is 67.5 Å². The minimum Gasteiger partial charge on any atom is -0.477 e. The van der Waals surface area contributed by atoms with E-state index in [2.05, 4.69) is 15.2 Å². The summed E-state index contributed by atoms with van der Waals surface area (Å²) in [4.78, 5) is 40.0. The summed E-state index contributed by atoms with van der Waals surface area (Å²) in [7, 11) is 0. The van der Waals surface area contributed by atoms with Gasteiger partial charge in [-0.2, -0.15) is 0 Å². The van der Waals surface area contributed by atoms with Crippen LogP contribution in [0.15, 0.2) is 53.6 Å². The van der Waals surface area contributed by atoms with Crippen molar-refractivity contribution in [2.75, 3.05) is 31.1 Å². The van der Waals surface area contributed by atoms with Crippen LogP contribution in [0.1, 0.15) is 52.2 Å².